The molecule has 0 fully saturated rings. The summed E-state index contributed by atoms with van der Waals surface area (Å²) in [4.78, 5) is 13.7. The highest BCUT2D eigenvalue weighted by Gasteiger charge is 2.30. The second-order valence-electron chi connectivity index (χ2n) is 27.9. The fourth-order valence-corrected chi connectivity index (χ4v) is 17.5. The average Bonchev–Trinajstić information content (AvgIpc) is 1.53. The highest BCUT2D eigenvalue weighted by Crippen LogP contribution is 2.49. The van der Waals surface area contributed by atoms with Crippen LogP contribution in [0.5, 0.6) is 0 Å². The molecule has 0 saturated heterocycles. The Labute approximate surface area is 612 Å². The van der Waals surface area contributed by atoms with Gasteiger partial charge in [-0.15, -0.1) is 0 Å². The minimum atomic E-state index is -0.284. The van der Waals surface area contributed by atoms with Crippen LogP contribution in [0, 0.1) is 0 Å². The third-order valence-corrected chi connectivity index (χ3v) is 22.1. The lowest BCUT2D eigenvalue weighted by Gasteiger charge is -2.36. The molecule has 0 aliphatic heterocycles. The maximum atomic E-state index is 5.56. The summed E-state index contributed by atoms with van der Waals surface area (Å²) in [6, 6.07) is 131. The van der Waals surface area contributed by atoms with Crippen LogP contribution in [-0.2, 0) is 6.42 Å². The number of nitrogens with zero attached hydrogens (tertiary/aromatic N) is 8. The third kappa shape index (κ3) is 9.47. The second kappa shape index (κ2) is 24.4. The molecule has 500 valence electrons. The molecule has 0 spiro atoms. The Kier molecular flexibility index (Phi) is 14.0. The molecule has 15 aromatic carbocycles. The minimum absolute atomic E-state index is 0.284. The summed E-state index contributed by atoms with van der Waals surface area (Å²) in [6.45, 7) is 4.69. The molecule has 0 aliphatic rings. The van der Waals surface area contributed by atoms with Crippen molar-refractivity contribution in [3.63, 3.8) is 0 Å². The predicted molar refractivity (Wildman–Crippen MR) is 443 cm³/mol. The molecule has 0 saturated carbocycles. The van der Waals surface area contributed by atoms with E-state index < -0.39 is 0 Å². The van der Waals surface area contributed by atoms with E-state index in [1.54, 1.807) is 0 Å². The third-order valence-electron chi connectivity index (χ3n) is 22.1. The summed E-state index contributed by atoms with van der Waals surface area (Å²) in [6.07, 6.45) is 0.487. The number of anilines is 2. The normalized spacial score (nSPS) is 12.2. The quantitative estimate of drug-likeness (QED) is 0.116. The average molecular weight is 1360 g/mol. The zero-order valence-electron chi connectivity index (χ0n) is 58.4. The van der Waals surface area contributed by atoms with Crippen molar-refractivity contribution in [1.82, 2.24) is 32.8 Å². The van der Waals surface area contributed by atoms with Crippen molar-refractivity contribution in [3.05, 3.63) is 363 Å². The molecular formula is C98H68N8. The van der Waals surface area contributed by atoms with E-state index in [4.69, 9.17) is 9.97 Å². The maximum Gasteiger partial charge on any atom is 0.160 e. The van der Waals surface area contributed by atoms with Crippen LogP contribution in [0.15, 0.2) is 358 Å². The Morgan fingerprint density at radius 2 is 0.632 bits per heavy atom. The lowest BCUT2D eigenvalue weighted by atomic mass is 9.96. The van der Waals surface area contributed by atoms with Crippen molar-refractivity contribution >= 4 is 120 Å². The molecule has 0 amide bonds. The first kappa shape index (κ1) is 60.9. The first-order valence-corrected chi connectivity index (χ1v) is 36.7. The van der Waals surface area contributed by atoms with E-state index >= 15 is 0 Å². The topological polar surface area (TPSA) is 53.7 Å². The maximum absolute atomic E-state index is 5.56. The lowest BCUT2D eigenvalue weighted by Crippen LogP contribution is -2.28. The predicted octanol–water partition coefficient (Wildman–Crippen LogP) is 25.6. The van der Waals surface area contributed by atoms with Crippen molar-refractivity contribution in [2.75, 3.05) is 4.90 Å². The van der Waals surface area contributed by atoms with E-state index in [0.29, 0.717) is 5.82 Å². The number of aromatic nitrogens is 7. The van der Waals surface area contributed by atoms with Gasteiger partial charge in [0, 0.05) is 104 Å². The number of aryl methyl sites for hydroxylation is 1. The first-order valence-electron chi connectivity index (χ1n) is 36.7. The van der Waals surface area contributed by atoms with Gasteiger partial charge in [0.25, 0.3) is 0 Å². The molecule has 8 heteroatoms. The summed E-state index contributed by atoms with van der Waals surface area (Å²) in [5.41, 5.74) is 25.8. The van der Waals surface area contributed by atoms with E-state index in [9.17, 15) is 0 Å². The van der Waals surface area contributed by atoms with Gasteiger partial charge in [-0.25, -0.2) is 9.97 Å². The SMILES string of the molecule is CCc1cc(-n2c3ccccc3c3ccccc32)ccc1N(c1ccccc1-c1cc(-c2nc(-c3ccccc3)cc(-c3ccccc3)n2)ccc1-n1c2ccc(-n3c4ccccc4c4ccccc43)cc2c2cc(-n3c4ccccc4c4ccccc43)ccc21)C(C)n1c2ccccc2c2ccccc21. The van der Waals surface area contributed by atoms with Crippen molar-refractivity contribution in [3.8, 4) is 67.8 Å². The molecule has 106 heavy (non-hydrogen) atoms. The fraction of sp³-hybridized carbons (Fsp3) is 0.0408. The molecule has 1 atom stereocenters. The first-order chi connectivity index (χ1) is 52.5. The number of benzene rings is 15. The second-order valence-corrected chi connectivity index (χ2v) is 27.9. The van der Waals surface area contributed by atoms with Gasteiger partial charge in [-0.2, -0.15) is 0 Å². The van der Waals surface area contributed by atoms with Crippen LogP contribution in [-0.4, -0.2) is 32.8 Å². The molecule has 21 aromatic rings. The van der Waals surface area contributed by atoms with Crippen LogP contribution in [0.4, 0.5) is 11.4 Å². The van der Waals surface area contributed by atoms with Crippen molar-refractivity contribution in [1.29, 1.82) is 0 Å². The van der Waals surface area contributed by atoms with Gasteiger partial charge in [-0.3, -0.25) is 0 Å². The van der Waals surface area contributed by atoms with E-state index in [0.717, 1.165) is 135 Å². The van der Waals surface area contributed by atoms with Gasteiger partial charge in [0.2, 0.25) is 0 Å². The van der Waals surface area contributed by atoms with Gasteiger partial charge < -0.3 is 27.7 Å². The van der Waals surface area contributed by atoms with Crippen LogP contribution < -0.4 is 4.90 Å². The number of hydrogen-bond donors (Lipinski definition) is 0. The zero-order chi connectivity index (χ0) is 70.1. The van der Waals surface area contributed by atoms with E-state index in [-0.39, 0.29) is 6.17 Å². The van der Waals surface area contributed by atoms with Crippen molar-refractivity contribution in [2.45, 2.75) is 26.4 Å². The molecule has 0 aliphatic carbocycles. The van der Waals surface area contributed by atoms with E-state index in [1.165, 1.54) is 59.7 Å². The summed E-state index contributed by atoms with van der Waals surface area (Å²) in [5, 5.41) is 12.0. The van der Waals surface area contributed by atoms with Gasteiger partial charge in [-0.1, -0.05) is 231 Å². The van der Waals surface area contributed by atoms with Gasteiger partial charge >= 0.3 is 0 Å². The number of para-hydroxylation sites is 9. The Balaban J connectivity index is 0.855. The van der Waals surface area contributed by atoms with Crippen LogP contribution in [0.25, 0.3) is 177 Å². The van der Waals surface area contributed by atoms with Gasteiger partial charge in [0.1, 0.15) is 6.17 Å². The van der Waals surface area contributed by atoms with Crippen molar-refractivity contribution < 1.29 is 0 Å². The summed E-state index contributed by atoms with van der Waals surface area (Å²) < 4.78 is 12.4. The van der Waals surface area contributed by atoms with Gasteiger partial charge in [-0.05, 0) is 152 Å². The number of rotatable bonds is 13. The highest BCUT2D eigenvalue weighted by molar-refractivity contribution is 6.16. The van der Waals surface area contributed by atoms with Crippen LogP contribution in [0.1, 0.15) is 25.6 Å². The number of fused-ring (bicyclic) bond motifs is 15. The Bertz CT molecular complexity index is 6660. The molecule has 6 aromatic heterocycles. The molecule has 8 nitrogen and oxygen atoms in total. The van der Waals surface area contributed by atoms with Gasteiger partial charge in [0.15, 0.2) is 5.82 Å². The zero-order valence-corrected chi connectivity index (χ0v) is 58.4. The minimum Gasteiger partial charge on any atom is -0.320 e. The Hall–Kier alpha value is -13.8. The molecule has 0 N–H and O–H groups in total. The smallest absolute Gasteiger partial charge is 0.160 e. The molecule has 0 radical (unpaired) electrons. The van der Waals surface area contributed by atoms with E-state index in [1.807, 2.05) is 0 Å². The highest BCUT2D eigenvalue weighted by atomic mass is 15.3. The fourth-order valence-electron chi connectivity index (χ4n) is 17.5. The molecule has 6 heterocycles. The van der Waals surface area contributed by atoms with E-state index in [2.05, 4.69) is 399 Å². The Morgan fingerprint density at radius 3 is 1.07 bits per heavy atom. The summed E-state index contributed by atoms with van der Waals surface area (Å²) in [7, 11) is 0. The van der Waals surface area contributed by atoms with Crippen molar-refractivity contribution in [2.24, 2.45) is 0 Å². The van der Waals surface area contributed by atoms with Crippen LogP contribution in [0.3, 0.4) is 0 Å². The lowest BCUT2D eigenvalue weighted by molar-refractivity contribution is 0.589. The molecular weight excluding hydrogens is 1290 g/mol. The molecule has 1 unspecified atom stereocenters. The van der Waals surface area contributed by atoms with Crippen LogP contribution in [0.2, 0.25) is 0 Å². The summed E-state index contributed by atoms with van der Waals surface area (Å²) in [5.74, 6) is 0.628. The molecule has 21 rings (SSSR count). The Morgan fingerprint density at radius 1 is 0.274 bits per heavy atom. The van der Waals surface area contributed by atoms with Gasteiger partial charge in [0.05, 0.1) is 77.9 Å². The number of hydrogen-bond acceptors (Lipinski definition) is 3. The van der Waals surface area contributed by atoms with Crippen LogP contribution >= 0.6 is 0 Å². The monoisotopic (exact) mass is 1360 g/mol. The summed E-state index contributed by atoms with van der Waals surface area (Å²) >= 11 is 0. The standard InChI is InChI=1S/C98H68N8/c1-3-64-58-68(103-89-44-22-12-34-73(89)74-35-13-23-45-90(74)103)51-55-85(64)101(63(2)102-86-41-19-10-32-71(86)72-33-11-20-42-87(72)102)88-43-21-18-40-79(88)80-59-67(98-99-83(65-28-6-4-7-29-65)62-84(100-98)66-30-8-5-9-31-66)50-54-95(80)106-96-56-52-69(104-91-46-24-14-36-75(91)76-37-15-25-47-92(76)104)60-81(96)82-61-70(53-57-97(82)106)105-93-48-26-16-38-77(93)78-39-17-27-49-94(78)105/h4-63H,3H2,1-2H3. The largest absolute Gasteiger partial charge is 0.320 e. The molecule has 0 bridgehead atoms.